The average molecular weight is 454 g/mol. The second-order valence-electron chi connectivity index (χ2n) is 8.02. The van der Waals surface area contributed by atoms with Crippen molar-refractivity contribution < 1.29 is 18.0 Å². The normalized spacial score (nSPS) is 11.4. The molecule has 0 spiro atoms. The van der Waals surface area contributed by atoms with E-state index in [-0.39, 0.29) is 22.8 Å². The van der Waals surface area contributed by atoms with Gasteiger partial charge in [-0.15, -0.1) is 0 Å². The zero-order chi connectivity index (χ0) is 23.6. The molecule has 7 nitrogen and oxygen atoms in total. The highest BCUT2D eigenvalue weighted by atomic mass is 32.2. The minimum absolute atomic E-state index is 0.00200. The molecule has 0 radical (unpaired) electrons. The van der Waals surface area contributed by atoms with Crippen LogP contribution in [0.5, 0.6) is 0 Å². The summed E-state index contributed by atoms with van der Waals surface area (Å²) in [6, 6.07) is 15.1. The smallest absolute Gasteiger partial charge is 0.257 e. The summed E-state index contributed by atoms with van der Waals surface area (Å²) in [7, 11) is -3.31. The second kappa shape index (κ2) is 9.00. The van der Waals surface area contributed by atoms with Gasteiger partial charge in [0.2, 0.25) is 0 Å². The molecule has 0 unspecified atom stereocenters. The molecule has 2 amide bonds. The number of hydrogen-bond donors (Lipinski definition) is 2. The third-order valence-electron chi connectivity index (χ3n) is 5.03. The maximum absolute atomic E-state index is 13.0. The van der Waals surface area contributed by atoms with E-state index in [1.165, 1.54) is 12.1 Å². The molecule has 0 saturated carbocycles. The molecule has 0 saturated heterocycles. The molecule has 0 fully saturated rings. The highest BCUT2D eigenvalue weighted by Gasteiger charge is 2.20. The summed E-state index contributed by atoms with van der Waals surface area (Å²) < 4.78 is 25.1. The minimum atomic E-state index is -3.31. The molecular formula is C24H27N3O4S. The summed E-state index contributed by atoms with van der Waals surface area (Å²) in [6.45, 7) is 7.50. The SMILES string of the molecule is Cc1cc(C(=O)Nc2ccc(S(C)(=O)=O)cc2)c(C)n1-c1ccccc1C(=O)NC(C)C. The van der Waals surface area contributed by atoms with Crippen LogP contribution in [0.3, 0.4) is 0 Å². The number of sulfone groups is 1. The van der Waals surface area contributed by atoms with Crippen LogP contribution >= 0.6 is 0 Å². The van der Waals surface area contributed by atoms with Gasteiger partial charge >= 0.3 is 0 Å². The van der Waals surface area contributed by atoms with Gasteiger partial charge < -0.3 is 15.2 Å². The van der Waals surface area contributed by atoms with Crippen molar-refractivity contribution in [1.29, 1.82) is 0 Å². The number of para-hydroxylation sites is 1. The Kier molecular flexibility index (Phi) is 6.55. The Morgan fingerprint density at radius 3 is 2.12 bits per heavy atom. The maximum Gasteiger partial charge on any atom is 0.257 e. The quantitative estimate of drug-likeness (QED) is 0.592. The van der Waals surface area contributed by atoms with Crippen LogP contribution in [-0.2, 0) is 9.84 Å². The molecule has 2 N–H and O–H groups in total. The van der Waals surface area contributed by atoms with Crippen LogP contribution in [0.1, 0.15) is 46.0 Å². The van der Waals surface area contributed by atoms with Gasteiger partial charge in [-0.2, -0.15) is 0 Å². The molecule has 3 aromatic rings. The van der Waals surface area contributed by atoms with Crippen LogP contribution in [-0.4, -0.2) is 37.1 Å². The second-order valence-corrected chi connectivity index (χ2v) is 10.0. The summed E-state index contributed by atoms with van der Waals surface area (Å²) in [5.74, 6) is -0.499. The van der Waals surface area contributed by atoms with E-state index < -0.39 is 9.84 Å². The number of anilines is 1. The van der Waals surface area contributed by atoms with E-state index in [0.29, 0.717) is 28.2 Å². The van der Waals surface area contributed by atoms with Crippen molar-refractivity contribution in [1.82, 2.24) is 9.88 Å². The van der Waals surface area contributed by atoms with Gasteiger partial charge in [-0.25, -0.2) is 8.42 Å². The monoisotopic (exact) mass is 453 g/mol. The molecule has 32 heavy (non-hydrogen) atoms. The number of nitrogens with one attached hydrogen (secondary N) is 2. The van der Waals surface area contributed by atoms with Crippen LogP contribution in [0, 0.1) is 13.8 Å². The lowest BCUT2D eigenvalue weighted by atomic mass is 10.1. The number of amides is 2. The van der Waals surface area contributed by atoms with Gasteiger partial charge in [-0.3, -0.25) is 9.59 Å². The van der Waals surface area contributed by atoms with Gasteiger partial charge in [0.25, 0.3) is 11.8 Å². The predicted octanol–water partition coefficient (Wildman–Crippen LogP) is 3.89. The first kappa shape index (κ1) is 23.3. The van der Waals surface area contributed by atoms with E-state index in [9.17, 15) is 18.0 Å². The highest BCUT2D eigenvalue weighted by molar-refractivity contribution is 7.90. The molecule has 0 aliphatic rings. The largest absolute Gasteiger partial charge is 0.350 e. The molecule has 0 bridgehead atoms. The lowest BCUT2D eigenvalue weighted by Gasteiger charge is -2.16. The number of carbonyl (C=O) groups excluding carboxylic acids is 2. The number of benzene rings is 2. The van der Waals surface area contributed by atoms with Crippen LogP contribution in [0.25, 0.3) is 5.69 Å². The number of aryl methyl sites for hydroxylation is 1. The third kappa shape index (κ3) is 4.91. The van der Waals surface area contributed by atoms with Crippen molar-refractivity contribution >= 4 is 27.3 Å². The number of carbonyl (C=O) groups is 2. The van der Waals surface area contributed by atoms with Crippen LogP contribution < -0.4 is 10.6 Å². The lowest BCUT2D eigenvalue weighted by Crippen LogP contribution is -2.31. The number of nitrogens with zero attached hydrogens (tertiary/aromatic N) is 1. The van der Waals surface area contributed by atoms with E-state index in [1.54, 1.807) is 30.3 Å². The zero-order valence-corrected chi connectivity index (χ0v) is 19.6. The standard InChI is InChI=1S/C24H27N3O4S/c1-15(2)25-23(28)20-8-6-7-9-22(20)27-16(3)14-21(17(27)4)24(29)26-18-10-12-19(13-11-18)32(5,30)31/h6-15H,1-5H3,(H,25,28)(H,26,29). The first-order valence-corrected chi connectivity index (χ1v) is 12.1. The van der Waals surface area contributed by atoms with Crippen molar-refractivity contribution in [3.63, 3.8) is 0 Å². The fraction of sp³-hybridized carbons (Fsp3) is 0.250. The Morgan fingerprint density at radius 2 is 1.53 bits per heavy atom. The summed E-state index contributed by atoms with van der Waals surface area (Å²) in [5.41, 5.74) is 3.67. The van der Waals surface area contributed by atoms with E-state index in [1.807, 2.05) is 44.4 Å². The lowest BCUT2D eigenvalue weighted by molar-refractivity contribution is 0.0942. The fourth-order valence-electron chi connectivity index (χ4n) is 3.55. The maximum atomic E-state index is 13.0. The molecule has 1 aromatic heterocycles. The third-order valence-corrected chi connectivity index (χ3v) is 6.15. The first-order valence-electron chi connectivity index (χ1n) is 10.2. The first-order chi connectivity index (χ1) is 15.0. The Hall–Kier alpha value is -3.39. The Labute approximate surface area is 188 Å². The molecule has 3 rings (SSSR count). The highest BCUT2D eigenvalue weighted by Crippen LogP contribution is 2.25. The summed E-state index contributed by atoms with van der Waals surface area (Å²) >= 11 is 0. The molecule has 2 aromatic carbocycles. The summed E-state index contributed by atoms with van der Waals surface area (Å²) in [5, 5.41) is 5.72. The van der Waals surface area contributed by atoms with Crippen LogP contribution in [0.2, 0.25) is 0 Å². The number of hydrogen-bond acceptors (Lipinski definition) is 4. The van der Waals surface area contributed by atoms with E-state index in [2.05, 4.69) is 10.6 Å². The Bertz CT molecular complexity index is 1270. The van der Waals surface area contributed by atoms with Gasteiger partial charge in [0.1, 0.15) is 0 Å². The molecule has 8 heteroatoms. The van der Waals surface area contributed by atoms with Crippen LogP contribution in [0.4, 0.5) is 5.69 Å². The molecule has 0 aliphatic carbocycles. The topological polar surface area (TPSA) is 97.3 Å². The Morgan fingerprint density at radius 1 is 0.906 bits per heavy atom. The van der Waals surface area contributed by atoms with E-state index >= 15 is 0 Å². The molecule has 168 valence electrons. The molecule has 1 heterocycles. The number of aromatic nitrogens is 1. The van der Waals surface area contributed by atoms with Gasteiger partial charge in [0.05, 0.1) is 21.7 Å². The van der Waals surface area contributed by atoms with Gasteiger partial charge in [-0.05, 0) is 70.2 Å². The van der Waals surface area contributed by atoms with Gasteiger partial charge in [0.15, 0.2) is 9.84 Å². The van der Waals surface area contributed by atoms with E-state index in [0.717, 1.165) is 11.9 Å². The van der Waals surface area contributed by atoms with Crippen LogP contribution in [0.15, 0.2) is 59.5 Å². The van der Waals surface area contributed by atoms with Gasteiger partial charge in [0, 0.05) is 29.4 Å². The minimum Gasteiger partial charge on any atom is -0.350 e. The van der Waals surface area contributed by atoms with Crippen molar-refractivity contribution in [2.75, 3.05) is 11.6 Å². The van der Waals surface area contributed by atoms with Crippen molar-refractivity contribution in [3.05, 3.63) is 77.1 Å². The van der Waals surface area contributed by atoms with E-state index in [4.69, 9.17) is 0 Å². The molecular weight excluding hydrogens is 426 g/mol. The number of rotatable bonds is 6. The average Bonchev–Trinajstić information content (AvgIpc) is 3.01. The molecule has 0 aliphatic heterocycles. The van der Waals surface area contributed by atoms with Crippen molar-refractivity contribution in [3.8, 4) is 5.69 Å². The van der Waals surface area contributed by atoms with Crippen molar-refractivity contribution in [2.45, 2.75) is 38.6 Å². The zero-order valence-electron chi connectivity index (χ0n) is 18.8. The fourth-order valence-corrected chi connectivity index (χ4v) is 4.18. The Balaban J connectivity index is 1.93. The van der Waals surface area contributed by atoms with Crippen molar-refractivity contribution in [2.24, 2.45) is 0 Å². The molecule has 0 atom stereocenters. The summed E-state index contributed by atoms with van der Waals surface area (Å²) in [6.07, 6.45) is 1.13. The van der Waals surface area contributed by atoms with Gasteiger partial charge in [-0.1, -0.05) is 12.1 Å². The predicted molar refractivity (Wildman–Crippen MR) is 125 cm³/mol. The summed E-state index contributed by atoms with van der Waals surface area (Å²) in [4.78, 5) is 25.8.